The van der Waals surface area contributed by atoms with E-state index in [1.54, 1.807) is 15.6 Å². The molecule has 0 aliphatic carbocycles. The second-order valence-electron chi connectivity index (χ2n) is 10.5. The standard InChI is InChI=1S/C29H28Cl2FN3O2.C2H6/c1-16-12-23-25(29(2,3)4)20(15-33-35(23)27(16)19-13-17(32)14-21(30)26(19)31)28(36)34(5)22-10-11-37-24-9-7-6-8-18(22)24;1-2/h6-9,12-15,22H,10-11H2,1-5H3;1-2H3. The summed E-state index contributed by atoms with van der Waals surface area (Å²) in [6.45, 7) is 12.7. The van der Waals surface area contributed by atoms with Gasteiger partial charge in [-0.15, -0.1) is 0 Å². The highest BCUT2D eigenvalue weighted by Crippen LogP contribution is 2.41. The van der Waals surface area contributed by atoms with Gasteiger partial charge in [0.05, 0.1) is 45.7 Å². The van der Waals surface area contributed by atoms with Gasteiger partial charge in [0.2, 0.25) is 0 Å². The number of rotatable bonds is 3. The topological polar surface area (TPSA) is 46.8 Å². The number of aryl methyl sites for hydroxylation is 1. The van der Waals surface area contributed by atoms with Gasteiger partial charge in [0.25, 0.3) is 5.91 Å². The third-order valence-corrected chi connectivity index (χ3v) is 7.74. The number of halogens is 3. The highest BCUT2D eigenvalue weighted by Gasteiger charge is 2.33. The fourth-order valence-corrected chi connectivity index (χ4v) is 5.70. The van der Waals surface area contributed by atoms with E-state index < -0.39 is 11.2 Å². The van der Waals surface area contributed by atoms with Gasteiger partial charge in [0.1, 0.15) is 11.6 Å². The van der Waals surface area contributed by atoms with Crippen LogP contribution < -0.4 is 4.74 Å². The molecule has 0 radical (unpaired) electrons. The van der Waals surface area contributed by atoms with E-state index in [1.165, 1.54) is 12.1 Å². The monoisotopic (exact) mass is 569 g/mol. The van der Waals surface area contributed by atoms with E-state index >= 15 is 0 Å². The summed E-state index contributed by atoms with van der Waals surface area (Å²) >= 11 is 12.7. The number of aromatic nitrogens is 2. The van der Waals surface area contributed by atoms with Crippen LogP contribution in [0.15, 0.2) is 48.7 Å². The molecule has 1 aliphatic heterocycles. The molecule has 8 heteroatoms. The molecule has 0 saturated carbocycles. The van der Waals surface area contributed by atoms with Crippen molar-refractivity contribution in [2.24, 2.45) is 0 Å². The lowest BCUT2D eigenvalue weighted by atomic mass is 9.83. The molecule has 0 N–H and O–H groups in total. The Morgan fingerprint density at radius 3 is 2.54 bits per heavy atom. The van der Waals surface area contributed by atoms with E-state index in [-0.39, 0.29) is 22.0 Å². The van der Waals surface area contributed by atoms with Gasteiger partial charge < -0.3 is 9.64 Å². The molecule has 206 valence electrons. The lowest BCUT2D eigenvalue weighted by Crippen LogP contribution is -2.36. The quantitative estimate of drug-likeness (QED) is 0.232. The molecule has 0 saturated heterocycles. The zero-order chi connectivity index (χ0) is 28.6. The first-order chi connectivity index (χ1) is 18.5. The molecule has 0 fully saturated rings. The number of carbonyl (C=O) groups excluding carboxylic acids is 1. The van der Waals surface area contributed by atoms with Crippen LogP contribution >= 0.6 is 23.2 Å². The summed E-state index contributed by atoms with van der Waals surface area (Å²) in [4.78, 5) is 15.8. The van der Waals surface area contributed by atoms with Crippen LogP contribution in [-0.2, 0) is 5.41 Å². The van der Waals surface area contributed by atoms with Crippen molar-refractivity contribution in [3.05, 3.63) is 86.8 Å². The first kappa shape index (κ1) is 28.9. The predicted octanol–water partition coefficient (Wildman–Crippen LogP) is 8.68. The summed E-state index contributed by atoms with van der Waals surface area (Å²) in [5.41, 5.74) is 4.68. The zero-order valence-electron chi connectivity index (χ0n) is 23.4. The number of para-hydroxylation sites is 1. The summed E-state index contributed by atoms with van der Waals surface area (Å²) in [6.07, 6.45) is 2.31. The molecule has 1 unspecified atom stereocenters. The van der Waals surface area contributed by atoms with Crippen LogP contribution in [0.3, 0.4) is 0 Å². The Morgan fingerprint density at radius 1 is 1.15 bits per heavy atom. The molecule has 2 aromatic carbocycles. The van der Waals surface area contributed by atoms with Gasteiger partial charge in [-0.05, 0) is 47.7 Å². The van der Waals surface area contributed by atoms with Gasteiger partial charge >= 0.3 is 0 Å². The Morgan fingerprint density at radius 2 is 1.85 bits per heavy atom. The lowest BCUT2D eigenvalue weighted by Gasteiger charge is -2.34. The smallest absolute Gasteiger partial charge is 0.256 e. The molecule has 0 spiro atoms. The van der Waals surface area contributed by atoms with Crippen molar-refractivity contribution in [3.63, 3.8) is 0 Å². The van der Waals surface area contributed by atoms with Gasteiger partial charge in [-0.3, -0.25) is 4.79 Å². The average molecular weight is 571 g/mol. The number of hydrogen-bond acceptors (Lipinski definition) is 3. The van der Waals surface area contributed by atoms with Gasteiger partial charge in [-0.2, -0.15) is 5.10 Å². The number of carbonyl (C=O) groups is 1. The van der Waals surface area contributed by atoms with E-state index in [9.17, 15) is 9.18 Å². The maximum Gasteiger partial charge on any atom is 0.256 e. The summed E-state index contributed by atoms with van der Waals surface area (Å²) < 4.78 is 21.8. The second-order valence-corrected chi connectivity index (χ2v) is 11.3. The van der Waals surface area contributed by atoms with E-state index in [4.69, 9.17) is 27.9 Å². The molecule has 1 aliphatic rings. The first-order valence-electron chi connectivity index (χ1n) is 13.1. The molecule has 2 aromatic heterocycles. The van der Waals surface area contributed by atoms with Crippen LogP contribution in [0, 0.1) is 12.7 Å². The number of benzene rings is 2. The highest BCUT2D eigenvalue weighted by molar-refractivity contribution is 6.43. The summed E-state index contributed by atoms with van der Waals surface area (Å²) in [6, 6.07) is 12.2. The van der Waals surface area contributed by atoms with Crippen LogP contribution in [-0.4, -0.2) is 34.1 Å². The van der Waals surface area contributed by atoms with E-state index in [2.05, 4.69) is 25.9 Å². The van der Waals surface area contributed by atoms with Gasteiger partial charge in [-0.1, -0.05) is 76.0 Å². The van der Waals surface area contributed by atoms with Crippen molar-refractivity contribution >= 4 is 34.6 Å². The van der Waals surface area contributed by atoms with E-state index in [1.807, 2.05) is 58.2 Å². The number of nitrogens with zero attached hydrogens (tertiary/aromatic N) is 3. The minimum absolute atomic E-state index is 0.112. The Bertz CT molecular complexity index is 1540. The number of ether oxygens (including phenoxy) is 1. The molecule has 5 nitrogen and oxygen atoms in total. The largest absolute Gasteiger partial charge is 0.493 e. The van der Waals surface area contributed by atoms with Gasteiger partial charge in [0, 0.05) is 24.6 Å². The van der Waals surface area contributed by atoms with Gasteiger partial charge in [0.15, 0.2) is 0 Å². The molecule has 3 heterocycles. The molecular weight excluding hydrogens is 536 g/mol. The minimum atomic E-state index is -0.486. The first-order valence-corrected chi connectivity index (χ1v) is 13.9. The van der Waals surface area contributed by atoms with Crippen LogP contribution in [0.4, 0.5) is 4.39 Å². The molecule has 4 aromatic rings. The fourth-order valence-electron chi connectivity index (χ4n) is 5.30. The summed E-state index contributed by atoms with van der Waals surface area (Å²) in [5, 5.41) is 5.05. The average Bonchev–Trinajstić information content (AvgIpc) is 3.24. The van der Waals surface area contributed by atoms with Crippen LogP contribution in [0.2, 0.25) is 10.0 Å². The van der Waals surface area contributed by atoms with Crippen molar-refractivity contribution in [2.45, 2.75) is 59.4 Å². The molecule has 1 amide bonds. The normalized spacial score (nSPS) is 14.8. The third kappa shape index (κ3) is 5.24. The van der Waals surface area contributed by atoms with Crippen molar-refractivity contribution in [3.8, 4) is 17.0 Å². The summed E-state index contributed by atoms with van der Waals surface area (Å²) in [5.74, 6) is 0.203. The molecule has 0 bridgehead atoms. The molecule has 5 rings (SSSR count). The Balaban J connectivity index is 0.00000172. The maximum atomic E-state index is 14.3. The molecule has 39 heavy (non-hydrogen) atoms. The van der Waals surface area contributed by atoms with Crippen LogP contribution in [0.1, 0.15) is 74.1 Å². The van der Waals surface area contributed by atoms with Crippen LogP contribution in [0.5, 0.6) is 5.75 Å². The molecule has 1 atom stereocenters. The number of hydrogen-bond donors (Lipinski definition) is 0. The van der Waals surface area contributed by atoms with Crippen LogP contribution in [0.25, 0.3) is 16.8 Å². The van der Waals surface area contributed by atoms with Crippen molar-refractivity contribution in [1.29, 1.82) is 0 Å². The number of amides is 1. The summed E-state index contributed by atoms with van der Waals surface area (Å²) in [7, 11) is 1.83. The Kier molecular flexibility index (Phi) is 8.29. The predicted molar refractivity (Wildman–Crippen MR) is 157 cm³/mol. The lowest BCUT2D eigenvalue weighted by molar-refractivity contribution is 0.0683. The molecular formula is C31H34Cl2FN3O2. The second kappa shape index (κ2) is 11.2. The van der Waals surface area contributed by atoms with Crippen molar-refractivity contribution < 1.29 is 13.9 Å². The van der Waals surface area contributed by atoms with Gasteiger partial charge in [-0.25, -0.2) is 8.91 Å². The van der Waals surface area contributed by atoms with Crippen molar-refractivity contribution in [2.75, 3.05) is 13.7 Å². The third-order valence-electron chi connectivity index (χ3n) is 6.94. The van der Waals surface area contributed by atoms with Crippen molar-refractivity contribution in [1.82, 2.24) is 14.5 Å². The minimum Gasteiger partial charge on any atom is -0.493 e. The van der Waals surface area contributed by atoms with E-state index in [0.29, 0.717) is 29.8 Å². The Hall–Kier alpha value is -3.09. The maximum absolute atomic E-state index is 14.3. The SMILES string of the molecule is CC.Cc1cc2c(C(C)(C)C)c(C(=O)N(C)C3CCOc4ccccc43)cnn2c1-c1cc(F)cc(Cl)c1Cl. The van der Waals surface area contributed by atoms with E-state index in [0.717, 1.165) is 28.0 Å². The fraction of sp³-hybridized carbons (Fsp3) is 0.355. The zero-order valence-corrected chi connectivity index (χ0v) is 24.9. The Labute approximate surface area is 239 Å². The number of fused-ring (bicyclic) bond motifs is 2. The highest BCUT2D eigenvalue weighted by atomic mass is 35.5.